The molecule has 4 unspecified atom stereocenters. The number of hydrogen-bond donors (Lipinski definition) is 0. The minimum Gasteiger partial charge on any atom is -0.436 e. The summed E-state index contributed by atoms with van der Waals surface area (Å²) in [6.07, 6.45) is 7.43. The van der Waals surface area contributed by atoms with Crippen molar-refractivity contribution in [3.8, 4) is 0 Å². The molecule has 0 saturated carbocycles. The van der Waals surface area contributed by atoms with E-state index in [0.29, 0.717) is 13.0 Å². The van der Waals surface area contributed by atoms with Crippen LogP contribution in [0.15, 0.2) is 12.2 Å². The van der Waals surface area contributed by atoms with Gasteiger partial charge in [-0.05, 0) is 19.8 Å². The van der Waals surface area contributed by atoms with Gasteiger partial charge in [-0.3, -0.25) is 4.79 Å². The van der Waals surface area contributed by atoms with Gasteiger partial charge < -0.3 is 14.2 Å². The molecule has 0 amide bonds. The lowest BCUT2D eigenvalue weighted by Gasteiger charge is -2.17. The summed E-state index contributed by atoms with van der Waals surface area (Å²) in [5.74, 6) is 0.0869. The summed E-state index contributed by atoms with van der Waals surface area (Å²) < 4.78 is 16.2. The van der Waals surface area contributed by atoms with Gasteiger partial charge in [0.25, 0.3) is 0 Å². The number of carbonyl (C=O) groups excluding carboxylic acids is 1. The molecular weight excluding hydrogens is 232 g/mol. The van der Waals surface area contributed by atoms with E-state index in [0.717, 1.165) is 19.3 Å². The second-order valence-electron chi connectivity index (χ2n) is 5.01. The van der Waals surface area contributed by atoms with Crippen LogP contribution in [0.25, 0.3) is 0 Å². The maximum absolute atomic E-state index is 11.7. The fourth-order valence-electron chi connectivity index (χ4n) is 2.44. The standard InChI is InChI=1S/C14H22O4/c1-3-4-7-16-10(2)17-14(15)9-11-8-12-5-6-13(11)18-12/h5-6,10-13H,3-4,7-9H2,1-2H3. The second kappa shape index (κ2) is 6.34. The van der Waals surface area contributed by atoms with Crippen molar-refractivity contribution in [1.82, 2.24) is 0 Å². The topological polar surface area (TPSA) is 44.8 Å². The third-order valence-electron chi connectivity index (χ3n) is 3.42. The Bertz CT molecular complexity index is 313. The minimum atomic E-state index is -0.445. The molecule has 1 fully saturated rings. The molecule has 1 saturated heterocycles. The van der Waals surface area contributed by atoms with Crippen molar-refractivity contribution < 1.29 is 19.0 Å². The van der Waals surface area contributed by atoms with Gasteiger partial charge in [0.15, 0.2) is 6.29 Å². The first-order chi connectivity index (χ1) is 8.69. The molecule has 2 heterocycles. The lowest BCUT2D eigenvalue weighted by atomic mass is 9.91. The van der Waals surface area contributed by atoms with Crippen LogP contribution in [0.4, 0.5) is 0 Å². The van der Waals surface area contributed by atoms with Crippen molar-refractivity contribution in [2.45, 2.75) is 58.0 Å². The van der Waals surface area contributed by atoms with E-state index < -0.39 is 6.29 Å². The summed E-state index contributed by atoms with van der Waals surface area (Å²) >= 11 is 0. The maximum atomic E-state index is 11.7. The Labute approximate surface area is 108 Å². The molecule has 2 aliphatic heterocycles. The predicted octanol–water partition coefficient (Wildman–Crippen LogP) is 2.43. The molecule has 4 atom stereocenters. The molecule has 0 spiro atoms. The SMILES string of the molecule is CCCCOC(C)OC(=O)CC1CC2C=CC1O2. The van der Waals surface area contributed by atoms with Crippen molar-refractivity contribution in [1.29, 1.82) is 0 Å². The van der Waals surface area contributed by atoms with Crippen molar-refractivity contribution in [3.05, 3.63) is 12.2 Å². The molecule has 0 N–H and O–H groups in total. The molecule has 18 heavy (non-hydrogen) atoms. The van der Waals surface area contributed by atoms with Crippen LogP contribution in [-0.2, 0) is 19.0 Å². The van der Waals surface area contributed by atoms with Gasteiger partial charge in [-0.25, -0.2) is 0 Å². The van der Waals surface area contributed by atoms with Crippen molar-refractivity contribution in [2.75, 3.05) is 6.61 Å². The van der Waals surface area contributed by atoms with Crippen LogP contribution >= 0.6 is 0 Å². The molecule has 4 heteroatoms. The zero-order valence-corrected chi connectivity index (χ0v) is 11.1. The Morgan fingerprint density at radius 3 is 2.94 bits per heavy atom. The highest BCUT2D eigenvalue weighted by molar-refractivity contribution is 5.70. The normalized spacial score (nSPS) is 30.7. The smallest absolute Gasteiger partial charge is 0.308 e. The highest BCUT2D eigenvalue weighted by Crippen LogP contribution is 2.35. The van der Waals surface area contributed by atoms with Crippen molar-refractivity contribution in [3.63, 3.8) is 0 Å². The summed E-state index contributed by atoms with van der Waals surface area (Å²) in [4.78, 5) is 11.7. The van der Waals surface area contributed by atoms with E-state index >= 15 is 0 Å². The Kier molecular flexibility index (Phi) is 4.78. The molecule has 0 radical (unpaired) electrons. The van der Waals surface area contributed by atoms with E-state index in [1.54, 1.807) is 6.92 Å². The highest BCUT2D eigenvalue weighted by Gasteiger charge is 2.38. The Hall–Kier alpha value is -0.870. The van der Waals surface area contributed by atoms with Crippen molar-refractivity contribution >= 4 is 5.97 Å². The maximum Gasteiger partial charge on any atom is 0.308 e. The summed E-state index contributed by atoms with van der Waals surface area (Å²) in [5, 5.41) is 0. The monoisotopic (exact) mass is 254 g/mol. The second-order valence-corrected chi connectivity index (χ2v) is 5.01. The van der Waals surface area contributed by atoms with Gasteiger partial charge in [-0.2, -0.15) is 0 Å². The molecule has 0 aromatic heterocycles. The van der Waals surface area contributed by atoms with Crippen molar-refractivity contribution in [2.24, 2.45) is 5.92 Å². The van der Waals surface area contributed by atoms with E-state index in [2.05, 4.69) is 13.0 Å². The molecule has 0 aromatic carbocycles. The van der Waals surface area contributed by atoms with Gasteiger partial charge in [0.05, 0.1) is 25.2 Å². The first-order valence-electron chi connectivity index (χ1n) is 6.84. The zero-order chi connectivity index (χ0) is 13.0. The van der Waals surface area contributed by atoms with Crippen LogP contribution in [0, 0.1) is 5.92 Å². The van der Waals surface area contributed by atoms with Crippen LogP contribution < -0.4 is 0 Å². The molecule has 2 bridgehead atoms. The third-order valence-corrected chi connectivity index (χ3v) is 3.42. The minimum absolute atomic E-state index is 0.110. The van der Waals surface area contributed by atoms with E-state index in [1.165, 1.54) is 0 Å². The van der Waals surface area contributed by atoms with Gasteiger partial charge in [-0.1, -0.05) is 25.5 Å². The summed E-state index contributed by atoms with van der Waals surface area (Å²) in [5.41, 5.74) is 0. The van der Waals surface area contributed by atoms with E-state index in [4.69, 9.17) is 14.2 Å². The average molecular weight is 254 g/mol. The number of ether oxygens (including phenoxy) is 3. The zero-order valence-electron chi connectivity index (χ0n) is 11.1. The molecule has 2 aliphatic rings. The lowest BCUT2D eigenvalue weighted by Crippen LogP contribution is -2.23. The summed E-state index contributed by atoms with van der Waals surface area (Å²) in [7, 11) is 0. The van der Waals surface area contributed by atoms with Crippen LogP contribution in [-0.4, -0.2) is 31.1 Å². The number of unbranched alkanes of at least 4 members (excludes halogenated alkanes) is 1. The van der Waals surface area contributed by atoms with Gasteiger partial charge >= 0.3 is 5.97 Å². The van der Waals surface area contributed by atoms with Gasteiger partial charge in [0.2, 0.25) is 0 Å². The predicted molar refractivity (Wildman–Crippen MR) is 66.9 cm³/mol. The first-order valence-corrected chi connectivity index (χ1v) is 6.84. The summed E-state index contributed by atoms with van der Waals surface area (Å²) in [6.45, 7) is 4.51. The molecule has 102 valence electrons. The quantitative estimate of drug-likeness (QED) is 0.303. The highest BCUT2D eigenvalue weighted by atomic mass is 16.7. The Balaban J connectivity index is 1.64. The van der Waals surface area contributed by atoms with Gasteiger partial charge in [0, 0.05) is 5.92 Å². The number of esters is 1. The molecule has 4 nitrogen and oxygen atoms in total. The number of hydrogen-bond acceptors (Lipinski definition) is 4. The Morgan fingerprint density at radius 1 is 1.50 bits per heavy atom. The van der Waals surface area contributed by atoms with Crippen LogP contribution in [0.1, 0.15) is 39.5 Å². The largest absolute Gasteiger partial charge is 0.436 e. The number of fused-ring (bicyclic) bond motifs is 2. The number of rotatable bonds is 7. The van der Waals surface area contributed by atoms with E-state index in [1.807, 2.05) is 6.08 Å². The van der Waals surface area contributed by atoms with Gasteiger partial charge in [0.1, 0.15) is 0 Å². The molecular formula is C14H22O4. The Morgan fingerprint density at radius 2 is 2.33 bits per heavy atom. The fourth-order valence-corrected chi connectivity index (χ4v) is 2.44. The van der Waals surface area contributed by atoms with E-state index in [9.17, 15) is 4.79 Å². The van der Waals surface area contributed by atoms with Crippen LogP contribution in [0.5, 0.6) is 0 Å². The molecule has 2 rings (SSSR count). The fraction of sp³-hybridized carbons (Fsp3) is 0.786. The summed E-state index contributed by atoms with van der Waals surface area (Å²) in [6, 6.07) is 0. The molecule has 0 aromatic rings. The van der Waals surface area contributed by atoms with E-state index in [-0.39, 0.29) is 24.1 Å². The molecule has 0 aliphatic carbocycles. The lowest BCUT2D eigenvalue weighted by molar-refractivity contribution is -0.176. The van der Waals surface area contributed by atoms with Crippen LogP contribution in [0.2, 0.25) is 0 Å². The third kappa shape index (κ3) is 3.56. The number of carbonyl (C=O) groups is 1. The van der Waals surface area contributed by atoms with Crippen LogP contribution in [0.3, 0.4) is 0 Å². The van der Waals surface area contributed by atoms with Gasteiger partial charge in [-0.15, -0.1) is 0 Å². The first kappa shape index (κ1) is 13.6. The average Bonchev–Trinajstić information content (AvgIpc) is 2.91.